The number of amides is 1. The third-order valence-corrected chi connectivity index (χ3v) is 2.83. The van der Waals surface area contributed by atoms with Crippen LogP contribution in [0.5, 0.6) is 0 Å². The normalized spacial score (nSPS) is 12.3. The number of halogens is 2. The van der Waals surface area contributed by atoms with E-state index in [1.54, 1.807) is 19.1 Å². The molecule has 0 aliphatic carbocycles. The number of rotatable bonds is 3. The first-order valence-electron chi connectivity index (χ1n) is 4.67. The molecule has 0 heterocycles. The second-order valence-electron chi connectivity index (χ2n) is 3.50. The summed E-state index contributed by atoms with van der Waals surface area (Å²) < 4.78 is 0. The van der Waals surface area contributed by atoms with Gasteiger partial charge in [0.15, 0.2) is 0 Å². The van der Waals surface area contributed by atoms with Gasteiger partial charge in [-0.25, -0.2) is 0 Å². The summed E-state index contributed by atoms with van der Waals surface area (Å²) in [6.45, 7) is 3.69. The molecule has 2 nitrogen and oxygen atoms in total. The molecule has 0 saturated carbocycles. The first-order valence-corrected chi connectivity index (χ1v) is 5.59. The van der Waals surface area contributed by atoms with Crippen LogP contribution in [0.4, 0.5) is 5.69 Å². The van der Waals surface area contributed by atoms with Crippen LogP contribution in [0.25, 0.3) is 0 Å². The van der Waals surface area contributed by atoms with Gasteiger partial charge in [-0.1, -0.05) is 24.6 Å². The summed E-state index contributed by atoms with van der Waals surface area (Å²) in [5.41, 5.74) is 1.72. The molecule has 0 saturated heterocycles. The predicted molar refractivity (Wildman–Crippen MR) is 64.7 cm³/mol. The second kappa shape index (κ2) is 5.38. The van der Waals surface area contributed by atoms with E-state index in [0.717, 1.165) is 11.3 Å². The van der Waals surface area contributed by atoms with E-state index in [-0.39, 0.29) is 11.8 Å². The highest BCUT2D eigenvalue weighted by Gasteiger charge is 2.12. The third kappa shape index (κ3) is 3.40. The summed E-state index contributed by atoms with van der Waals surface area (Å²) in [6, 6.07) is 5.39. The predicted octanol–water partition coefficient (Wildman–Crippen LogP) is 3.46. The Hall–Kier alpha value is -0.730. The lowest BCUT2D eigenvalue weighted by Gasteiger charge is -2.11. The highest BCUT2D eigenvalue weighted by atomic mass is 35.5. The Kier molecular flexibility index (Phi) is 4.43. The molecule has 0 aliphatic heterocycles. The molecule has 15 heavy (non-hydrogen) atoms. The van der Waals surface area contributed by atoms with Crippen LogP contribution in [0.3, 0.4) is 0 Å². The molecular weight excluding hydrogens is 233 g/mol. The smallest absolute Gasteiger partial charge is 0.228 e. The molecule has 4 heteroatoms. The summed E-state index contributed by atoms with van der Waals surface area (Å²) in [5.74, 6) is 0.0197. The van der Waals surface area contributed by atoms with Gasteiger partial charge < -0.3 is 5.32 Å². The molecule has 0 bridgehead atoms. The molecule has 0 spiro atoms. The Morgan fingerprint density at radius 1 is 1.53 bits per heavy atom. The number of hydrogen-bond donors (Lipinski definition) is 1. The lowest BCUT2D eigenvalue weighted by Crippen LogP contribution is -2.21. The minimum atomic E-state index is -0.204. The number of aryl methyl sites for hydroxylation is 1. The first kappa shape index (κ1) is 12.3. The van der Waals surface area contributed by atoms with Gasteiger partial charge in [0, 0.05) is 22.5 Å². The van der Waals surface area contributed by atoms with Crippen LogP contribution in [-0.2, 0) is 4.79 Å². The van der Waals surface area contributed by atoms with Gasteiger partial charge in [0.05, 0.1) is 0 Å². The van der Waals surface area contributed by atoms with Gasteiger partial charge in [0.25, 0.3) is 0 Å². The van der Waals surface area contributed by atoms with Crippen LogP contribution in [-0.4, -0.2) is 11.8 Å². The largest absolute Gasteiger partial charge is 0.326 e. The van der Waals surface area contributed by atoms with Crippen LogP contribution >= 0.6 is 23.2 Å². The molecular formula is C11H13Cl2NO. The van der Waals surface area contributed by atoms with Crippen molar-refractivity contribution < 1.29 is 4.79 Å². The van der Waals surface area contributed by atoms with Crippen molar-refractivity contribution in [2.24, 2.45) is 5.92 Å². The van der Waals surface area contributed by atoms with Crippen molar-refractivity contribution in [2.75, 3.05) is 11.2 Å². The fourth-order valence-corrected chi connectivity index (χ4v) is 1.37. The zero-order valence-electron chi connectivity index (χ0n) is 8.68. The van der Waals surface area contributed by atoms with E-state index in [1.165, 1.54) is 0 Å². The number of nitrogens with one attached hydrogen (secondary N) is 1. The number of carbonyl (C=O) groups is 1. The van der Waals surface area contributed by atoms with Crippen molar-refractivity contribution in [3.05, 3.63) is 28.8 Å². The van der Waals surface area contributed by atoms with Crippen molar-refractivity contribution in [3.63, 3.8) is 0 Å². The van der Waals surface area contributed by atoms with E-state index in [9.17, 15) is 4.79 Å². The lowest BCUT2D eigenvalue weighted by molar-refractivity contribution is -0.118. The summed E-state index contributed by atoms with van der Waals surface area (Å²) in [7, 11) is 0. The number of anilines is 1. The van der Waals surface area contributed by atoms with Gasteiger partial charge in [-0.15, -0.1) is 11.6 Å². The molecule has 1 rings (SSSR count). The standard InChI is InChI=1S/C11H13Cl2NO/c1-7-3-4-9(13)5-10(7)14-11(15)8(2)6-12/h3-5,8H,6H2,1-2H3,(H,14,15). The SMILES string of the molecule is Cc1ccc(Cl)cc1NC(=O)C(C)CCl. The van der Waals surface area contributed by atoms with Crippen molar-refractivity contribution in [1.82, 2.24) is 0 Å². The van der Waals surface area contributed by atoms with E-state index in [1.807, 2.05) is 13.0 Å². The molecule has 1 aromatic rings. The molecule has 0 fully saturated rings. The van der Waals surface area contributed by atoms with E-state index in [2.05, 4.69) is 5.32 Å². The van der Waals surface area contributed by atoms with Gasteiger partial charge in [-0.05, 0) is 24.6 Å². The van der Waals surface area contributed by atoms with Gasteiger partial charge in [0.2, 0.25) is 5.91 Å². The zero-order valence-corrected chi connectivity index (χ0v) is 10.2. The molecule has 1 N–H and O–H groups in total. The molecule has 0 aliphatic rings. The van der Waals surface area contributed by atoms with Gasteiger partial charge in [0.1, 0.15) is 0 Å². The Labute approximate surface area is 99.6 Å². The number of benzene rings is 1. The molecule has 1 atom stereocenters. The van der Waals surface area contributed by atoms with E-state index < -0.39 is 0 Å². The maximum atomic E-state index is 11.6. The van der Waals surface area contributed by atoms with Crippen LogP contribution in [0.2, 0.25) is 5.02 Å². The summed E-state index contributed by atoms with van der Waals surface area (Å²) in [4.78, 5) is 11.6. The average Bonchev–Trinajstić information content (AvgIpc) is 2.22. The van der Waals surface area contributed by atoms with E-state index >= 15 is 0 Å². The van der Waals surface area contributed by atoms with Crippen molar-refractivity contribution in [2.45, 2.75) is 13.8 Å². The Morgan fingerprint density at radius 3 is 2.80 bits per heavy atom. The molecule has 1 amide bonds. The molecule has 82 valence electrons. The number of alkyl halides is 1. The minimum Gasteiger partial charge on any atom is -0.326 e. The van der Waals surface area contributed by atoms with Crippen molar-refractivity contribution >= 4 is 34.8 Å². The highest BCUT2D eigenvalue weighted by Crippen LogP contribution is 2.20. The first-order chi connectivity index (χ1) is 7.04. The van der Waals surface area contributed by atoms with Crippen LogP contribution in [0, 0.1) is 12.8 Å². The highest BCUT2D eigenvalue weighted by molar-refractivity contribution is 6.31. The molecule has 0 aromatic heterocycles. The summed E-state index contributed by atoms with van der Waals surface area (Å²) in [5, 5.41) is 3.40. The third-order valence-electron chi connectivity index (χ3n) is 2.14. The lowest BCUT2D eigenvalue weighted by atomic mass is 10.1. The fourth-order valence-electron chi connectivity index (χ4n) is 1.05. The monoisotopic (exact) mass is 245 g/mol. The topological polar surface area (TPSA) is 29.1 Å². The zero-order chi connectivity index (χ0) is 11.4. The summed E-state index contributed by atoms with van der Waals surface area (Å²) >= 11 is 11.4. The molecule has 1 aromatic carbocycles. The van der Waals surface area contributed by atoms with Crippen molar-refractivity contribution in [3.8, 4) is 0 Å². The van der Waals surface area contributed by atoms with Gasteiger partial charge >= 0.3 is 0 Å². The number of carbonyl (C=O) groups excluding carboxylic acids is 1. The Bertz CT molecular complexity index is 366. The number of hydrogen-bond acceptors (Lipinski definition) is 1. The van der Waals surface area contributed by atoms with Crippen molar-refractivity contribution in [1.29, 1.82) is 0 Å². The van der Waals surface area contributed by atoms with Crippen LogP contribution in [0.15, 0.2) is 18.2 Å². The fraction of sp³-hybridized carbons (Fsp3) is 0.364. The van der Waals surface area contributed by atoms with Gasteiger partial charge in [-0.3, -0.25) is 4.79 Å². The van der Waals surface area contributed by atoms with E-state index in [0.29, 0.717) is 10.9 Å². The second-order valence-corrected chi connectivity index (χ2v) is 4.25. The molecule has 0 radical (unpaired) electrons. The van der Waals surface area contributed by atoms with Crippen LogP contribution in [0.1, 0.15) is 12.5 Å². The Morgan fingerprint density at radius 2 is 2.20 bits per heavy atom. The minimum absolute atomic E-state index is 0.0876. The summed E-state index contributed by atoms with van der Waals surface area (Å²) in [6.07, 6.45) is 0. The quantitative estimate of drug-likeness (QED) is 0.813. The average molecular weight is 246 g/mol. The maximum absolute atomic E-state index is 11.6. The maximum Gasteiger partial charge on any atom is 0.228 e. The van der Waals surface area contributed by atoms with E-state index in [4.69, 9.17) is 23.2 Å². The Balaban J connectivity index is 2.80. The van der Waals surface area contributed by atoms with Gasteiger partial charge in [-0.2, -0.15) is 0 Å². The van der Waals surface area contributed by atoms with Crippen LogP contribution < -0.4 is 5.32 Å². The molecule has 1 unspecified atom stereocenters.